The van der Waals surface area contributed by atoms with Crippen LogP contribution in [-0.4, -0.2) is 140 Å². The van der Waals surface area contributed by atoms with Crippen molar-refractivity contribution in [3.05, 3.63) is 0 Å². The first kappa shape index (κ1) is 80.5. The van der Waals surface area contributed by atoms with E-state index in [0.29, 0.717) is 114 Å². The number of thioether (sulfide) groups is 1. The summed E-state index contributed by atoms with van der Waals surface area (Å²) in [6, 6.07) is 0.525. The zero-order valence-corrected chi connectivity index (χ0v) is 59.7. The number of esters is 3. The Balaban J connectivity index is 3.83. The molecule has 4 unspecified atom stereocenters. The van der Waals surface area contributed by atoms with Crippen LogP contribution < -0.4 is 0 Å². The van der Waals surface area contributed by atoms with Gasteiger partial charge in [0.2, 0.25) is 0 Å². The number of carbonyl (C=O) groups excluding carboxylic acids is 4. The van der Waals surface area contributed by atoms with Gasteiger partial charge in [-0.1, -0.05) is 145 Å². The molecule has 20 heteroatoms. The van der Waals surface area contributed by atoms with Gasteiger partial charge < -0.3 is 45.2 Å². The maximum atomic E-state index is 13.8. The molecular formula is C63H120O14S3Si3. The number of carbonyl (C=O) groups is 4. The fourth-order valence-electron chi connectivity index (χ4n) is 10.5. The Hall–Kier alpha value is -0.499. The molecule has 4 atom stereocenters. The van der Waals surface area contributed by atoms with Crippen LogP contribution in [0.15, 0.2) is 0 Å². The number of ether oxygens (including phenoxy) is 3. The highest BCUT2D eigenvalue weighted by Gasteiger charge is 2.55. The number of rotatable bonds is 58. The quantitative estimate of drug-likeness (QED) is 0.0194. The molecule has 0 spiro atoms. The van der Waals surface area contributed by atoms with Gasteiger partial charge in [0, 0.05) is 70.2 Å². The molecule has 14 nitrogen and oxygen atoms in total. The Labute approximate surface area is 528 Å². The summed E-state index contributed by atoms with van der Waals surface area (Å²) >= 11 is 10.9. The van der Waals surface area contributed by atoms with Gasteiger partial charge in [-0.15, -0.1) is 0 Å². The zero-order chi connectivity index (χ0) is 61.6. The van der Waals surface area contributed by atoms with Crippen LogP contribution in [0.3, 0.4) is 0 Å². The second-order valence-electron chi connectivity index (χ2n) is 23.9. The fraction of sp³-hybridized carbons (Fsp3) is 0.937. The summed E-state index contributed by atoms with van der Waals surface area (Å²) < 4.78 is 66.1. The Bertz CT molecular complexity index is 1670. The largest absolute Gasteiger partial charge is 0.501 e. The van der Waals surface area contributed by atoms with Crippen molar-refractivity contribution < 1.29 is 64.4 Å². The van der Waals surface area contributed by atoms with E-state index in [1.54, 1.807) is 11.8 Å². The minimum atomic E-state index is -3.44. The molecule has 0 aromatic rings. The topological polar surface area (TPSA) is 161 Å². The summed E-state index contributed by atoms with van der Waals surface area (Å²) in [6.07, 6.45) is 26.4. The van der Waals surface area contributed by atoms with Crippen molar-refractivity contribution in [2.24, 2.45) is 16.2 Å². The molecule has 1 heterocycles. The molecular weight excluding hydrogens is 1160 g/mol. The molecule has 0 amide bonds. The van der Waals surface area contributed by atoms with Gasteiger partial charge in [-0.3, -0.25) is 19.2 Å². The van der Waals surface area contributed by atoms with Crippen LogP contribution in [0.1, 0.15) is 268 Å². The molecule has 0 saturated carbocycles. The molecule has 1 aliphatic rings. The molecule has 4 radical (unpaired) electrons. The fourth-order valence-corrected chi connectivity index (χ4v) is 16.3. The summed E-state index contributed by atoms with van der Waals surface area (Å²) in [4.78, 5) is 53.3. The zero-order valence-electron chi connectivity index (χ0n) is 54.1. The third-order valence-electron chi connectivity index (χ3n) is 17.2. The van der Waals surface area contributed by atoms with Crippen LogP contribution in [0, 0.1) is 16.2 Å². The third kappa shape index (κ3) is 32.2. The van der Waals surface area contributed by atoms with Gasteiger partial charge >= 0.3 is 46.7 Å². The number of hydrogen-bond donors (Lipinski definition) is 2. The van der Waals surface area contributed by atoms with Crippen molar-refractivity contribution >= 4 is 89.5 Å². The molecule has 0 N–H and O–H groups in total. The highest BCUT2D eigenvalue weighted by molar-refractivity contribution is 7.99. The average Bonchev–Trinajstić information content (AvgIpc) is 3.66. The van der Waals surface area contributed by atoms with Crippen molar-refractivity contribution in [2.75, 3.05) is 75.9 Å². The van der Waals surface area contributed by atoms with Gasteiger partial charge in [0.05, 0.1) is 27.8 Å². The number of unbranched alkanes of at least 4 members (excludes halogenated alkanes) is 15. The third-order valence-corrected chi connectivity index (χ3v) is 23.4. The molecule has 1 saturated heterocycles. The first-order valence-electron chi connectivity index (χ1n) is 32.8. The average molecular weight is 1280 g/mol. The molecule has 0 aromatic carbocycles. The summed E-state index contributed by atoms with van der Waals surface area (Å²) in [5.41, 5.74) is -4.09. The molecule has 1 aliphatic heterocycles. The van der Waals surface area contributed by atoms with Crippen LogP contribution in [0.25, 0.3) is 0 Å². The standard InChI is InChI=1S/C63H120O14S3Si3/c1-11-19-23-27-31-38-56(65)68-48-61(15-5)49-73-83(74-50-61,46-36-44-79)75-54-63(17-7,52-70-58(67)40-33-29-25-21-13-3)60(10,42-35-45-80-47-55(64)37-30-26-22-14-4)77-82-72-53-62(16-6,51-69-57(66)39-32-28-24-20-12-2)59(9,41-34-43-78)76-81-71-18-8/h78-79H,11-54H2,1-10H3. The van der Waals surface area contributed by atoms with Gasteiger partial charge in [-0.2, -0.15) is 37.0 Å². The summed E-state index contributed by atoms with van der Waals surface area (Å²) in [5.74, 6) is 2.02. The second kappa shape index (κ2) is 48.4. The van der Waals surface area contributed by atoms with E-state index >= 15 is 0 Å². The minimum absolute atomic E-state index is 0.0211. The van der Waals surface area contributed by atoms with Gasteiger partial charge in [0.1, 0.15) is 25.6 Å². The monoisotopic (exact) mass is 1280 g/mol. The van der Waals surface area contributed by atoms with Crippen molar-refractivity contribution in [3.8, 4) is 0 Å². The smallest absolute Gasteiger partial charge is 0.465 e. The predicted octanol–water partition coefficient (Wildman–Crippen LogP) is 15.6. The van der Waals surface area contributed by atoms with E-state index in [1.807, 2.05) is 6.92 Å². The van der Waals surface area contributed by atoms with Crippen LogP contribution in [-0.2, 0) is 64.4 Å². The molecule has 1 fully saturated rings. The molecule has 0 bridgehead atoms. The molecule has 1 rings (SSSR count). The normalized spacial score (nSPS) is 19.3. The van der Waals surface area contributed by atoms with E-state index in [9.17, 15) is 19.2 Å². The van der Waals surface area contributed by atoms with E-state index in [0.717, 1.165) is 128 Å². The molecule has 0 aliphatic carbocycles. The number of Topliss-reactive ketones (excluding diaryl/α,β-unsaturated/α-hetero) is 1. The van der Waals surface area contributed by atoms with Gasteiger partial charge in [-0.05, 0) is 115 Å². The Morgan fingerprint density at radius 1 is 0.530 bits per heavy atom. The lowest BCUT2D eigenvalue weighted by Crippen LogP contribution is -2.61. The maximum absolute atomic E-state index is 13.8. The van der Waals surface area contributed by atoms with Crippen molar-refractivity contribution in [1.82, 2.24) is 0 Å². The Morgan fingerprint density at radius 2 is 0.976 bits per heavy atom. The molecule has 83 heavy (non-hydrogen) atoms. The van der Waals surface area contributed by atoms with Crippen LogP contribution in [0.5, 0.6) is 0 Å². The lowest BCUT2D eigenvalue weighted by atomic mass is 9.69. The van der Waals surface area contributed by atoms with Crippen LogP contribution in [0.4, 0.5) is 0 Å². The number of ketones is 1. The SMILES string of the molecule is CCCCCCCC(=O)OCC1(CC)CO[Si](CCCS)(OCC(CC)(COC(=O)CCCCCCC)C(C)(CCCSCC(=O)CCCCCC)O[Si]OCC(CC)(COC(=O)CCCCCCC)C(C)(CCCS)O[Si]OCC)OC1. The van der Waals surface area contributed by atoms with Crippen molar-refractivity contribution in [1.29, 1.82) is 0 Å². The van der Waals surface area contributed by atoms with E-state index in [4.69, 9.17) is 45.2 Å². The molecule has 0 aromatic heterocycles. The van der Waals surface area contributed by atoms with Crippen molar-refractivity contribution in [3.63, 3.8) is 0 Å². The van der Waals surface area contributed by atoms with E-state index in [1.165, 1.54) is 6.42 Å². The predicted molar refractivity (Wildman–Crippen MR) is 350 cm³/mol. The lowest BCUT2D eigenvalue weighted by molar-refractivity contribution is -0.168. The summed E-state index contributed by atoms with van der Waals surface area (Å²) in [6.45, 7) is 22.8. The lowest BCUT2D eigenvalue weighted by Gasteiger charge is -2.50. The Kier molecular flexibility index (Phi) is 46.9. The first-order valence-corrected chi connectivity index (χ1v) is 38.8. The van der Waals surface area contributed by atoms with E-state index < -0.39 is 46.3 Å². The number of thiol groups is 2. The molecule has 486 valence electrons. The van der Waals surface area contributed by atoms with E-state index in [-0.39, 0.29) is 66.7 Å². The minimum Gasteiger partial charge on any atom is -0.465 e. The van der Waals surface area contributed by atoms with Gasteiger partial charge in [-0.25, -0.2) is 0 Å². The summed E-state index contributed by atoms with van der Waals surface area (Å²) in [7, 11) is -4.15. The van der Waals surface area contributed by atoms with E-state index in [2.05, 4.69) is 87.6 Å². The van der Waals surface area contributed by atoms with Crippen molar-refractivity contribution in [2.45, 2.75) is 286 Å². The maximum Gasteiger partial charge on any atom is 0.501 e. The van der Waals surface area contributed by atoms with Gasteiger partial charge in [0.15, 0.2) is 0 Å². The summed E-state index contributed by atoms with van der Waals surface area (Å²) in [5, 5.41) is 0. The highest BCUT2D eigenvalue weighted by atomic mass is 32.2. The highest BCUT2D eigenvalue weighted by Crippen LogP contribution is 2.46. The van der Waals surface area contributed by atoms with Crippen LogP contribution in [0.2, 0.25) is 6.04 Å². The first-order chi connectivity index (χ1) is 40.0. The number of hydrogen-bond acceptors (Lipinski definition) is 17. The second-order valence-corrected chi connectivity index (χ2v) is 29.9. The Morgan fingerprint density at radius 3 is 1.45 bits per heavy atom. The van der Waals surface area contributed by atoms with Gasteiger partial charge in [0.25, 0.3) is 0 Å². The van der Waals surface area contributed by atoms with Crippen LogP contribution >= 0.6 is 37.0 Å².